The second kappa shape index (κ2) is 8.13. The highest BCUT2D eigenvalue weighted by Gasteiger charge is 2.23. The summed E-state index contributed by atoms with van der Waals surface area (Å²) < 4.78 is 5.05. The number of hydrogen-bond acceptors (Lipinski definition) is 6. The van der Waals surface area contributed by atoms with Gasteiger partial charge in [0.25, 0.3) is 0 Å². The van der Waals surface area contributed by atoms with E-state index in [1.807, 2.05) is 30.3 Å². The number of carbonyl (C=O) groups is 1. The van der Waals surface area contributed by atoms with Gasteiger partial charge in [0, 0.05) is 18.3 Å². The van der Waals surface area contributed by atoms with Crippen LogP contribution in [0.3, 0.4) is 0 Å². The Labute approximate surface area is 153 Å². The van der Waals surface area contributed by atoms with Crippen LogP contribution in [0.1, 0.15) is 17.2 Å². The Bertz CT molecular complexity index is 887. The number of benzene rings is 1. The number of fused-ring (bicyclic) bond motifs is 1. The van der Waals surface area contributed by atoms with Gasteiger partial charge in [-0.05, 0) is 5.56 Å². The number of hydrogen-bond donors (Lipinski definition) is 4. The van der Waals surface area contributed by atoms with E-state index >= 15 is 0 Å². The van der Waals surface area contributed by atoms with Crippen LogP contribution in [0.15, 0.2) is 42.9 Å². The minimum Gasteiger partial charge on any atom is -0.445 e. The molecule has 9 heteroatoms. The van der Waals surface area contributed by atoms with Crippen LogP contribution in [0.25, 0.3) is 11.0 Å². The van der Waals surface area contributed by atoms with Gasteiger partial charge >= 0.3 is 6.09 Å². The molecule has 3 rings (SSSR count). The number of carbonyl (C=O) groups excluding carboxylic acids is 1. The van der Waals surface area contributed by atoms with Crippen molar-refractivity contribution in [3.8, 4) is 0 Å². The molecule has 2 heterocycles. The summed E-state index contributed by atoms with van der Waals surface area (Å²) in [5.74, 6) is 0. The standard InChI is InChI=1S/C17H17ClN4O4/c18-16-14-13(21-9-22-16)11(6-19-14)15(24)12(23)7-20-17(25)26-8-10-4-2-1-3-5-10/h1-6,9,12,15,19,23-24H,7-8H2,(H,20,25). The van der Waals surface area contributed by atoms with Crippen LogP contribution in [0.5, 0.6) is 0 Å². The molecule has 26 heavy (non-hydrogen) atoms. The van der Waals surface area contributed by atoms with Crippen LogP contribution in [0, 0.1) is 0 Å². The summed E-state index contributed by atoms with van der Waals surface area (Å²) in [5.41, 5.74) is 2.07. The maximum absolute atomic E-state index is 11.7. The molecule has 3 aromatic rings. The van der Waals surface area contributed by atoms with E-state index in [1.165, 1.54) is 12.5 Å². The number of aliphatic hydroxyl groups is 2. The number of H-pyrrole nitrogens is 1. The average Bonchev–Trinajstić information content (AvgIpc) is 3.10. The Morgan fingerprint density at radius 2 is 2.04 bits per heavy atom. The molecule has 4 N–H and O–H groups in total. The summed E-state index contributed by atoms with van der Waals surface area (Å²) in [6, 6.07) is 9.21. The maximum atomic E-state index is 11.7. The van der Waals surface area contributed by atoms with Gasteiger partial charge < -0.3 is 25.3 Å². The lowest BCUT2D eigenvalue weighted by molar-refractivity contribution is 0.0191. The number of ether oxygens (including phenoxy) is 1. The van der Waals surface area contributed by atoms with Gasteiger partial charge in [-0.15, -0.1) is 0 Å². The monoisotopic (exact) mass is 376 g/mol. The van der Waals surface area contributed by atoms with E-state index in [0.29, 0.717) is 16.6 Å². The van der Waals surface area contributed by atoms with Gasteiger partial charge in [-0.25, -0.2) is 14.8 Å². The van der Waals surface area contributed by atoms with E-state index in [1.54, 1.807) is 0 Å². The molecule has 0 spiro atoms. The first-order valence-corrected chi connectivity index (χ1v) is 8.22. The predicted molar refractivity (Wildman–Crippen MR) is 94.5 cm³/mol. The molecule has 1 aromatic carbocycles. The molecule has 0 aliphatic carbocycles. The van der Waals surface area contributed by atoms with Gasteiger partial charge in [-0.3, -0.25) is 0 Å². The van der Waals surface area contributed by atoms with E-state index in [-0.39, 0.29) is 18.3 Å². The number of halogens is 1. The van der Waals surface area contributed by atoms with Crippen molar-refractivity contribution < 1.29 is 19.7 Å². The second-order valence-electron chi connectivity index (χ2n) is 5.59. The number of aromatic amines is 1. The molecule has 2 atom stereocenters. The molecule has 0 saturated carbocycles. The van der Waals surface area contributed by atoms with E-state index in [0.717, 1.165) is 5.56 Å². The molecule has 0 aliphatic rings. The van der Waals surface area contributed by atoms with Gasteiger partial charge in [0.2, 0.25) is 0 Å². The van der Waals surface area contributed by atoms with Crippen molar-refractivity contribution >= 4 is 28.7 Å². The van der Waals surface area contributed by atoms with Crippen molar-refractivity contribution in [2.45, 2.75) is 18.8 Å². The number of alkyl carbamates (subject to hydrolysis) is 1. The summed E-state index contributed by atoms with van der Waals surface area (Å²) >= 11 is 5.94. The van der Waals surface area contributed by atoms with Gasteiger partial charge in [0.1, 0.15) is 30.7 Å². The zero-order valence-corrected chi connectivity index (χ0v) is 14.3. The number of rotatable bonds is 6. The largest absolute Gasteiger partial charge is 0.445 e. The fourth-order valence-corrected chi connectivity index (χ4v) is 2.62. The van der Waals surface area contributed by atoms with Crippen LogP contribution in [-0.2, 0) is 11.3 Å². The van der Waals surface area contributed by atoms with Gasteiger partial charge in [-0.2, -0.15) is 0 Å². The Balaban J connectivity index is 1.54. The second-order valence-corrected chi connectivity index (χ2v) is 5.94. The molecule has 0 bridgehead atoms. The van der Waals surface area contributed by atoms with Crippen molar-refractivity contribution in [3.63, 3.8) is 0 Å². The quantitative estimate of drug-likeness (QED) is 0.488. The van der Waals surface area contributed by atoms with Crippen LogP contribution in [0.2, 0.25) is 5.15 Å². The summed E-state index contributed by atoms with van der Waals surface area (Å²) in [6.45, 7) is -0.0799. The van der Waals surface area contributed by atoms with Gasteiger partial charge in [0.15, 0.2) is 5.15 Å². The van der Waals surface area contributed by atoms with Crippen LogP contribution < -0.4 is 5.32 Å². The van der Waals surface area contributed by atoms with E-state index < -0.39 is 18.3 Å². The lowest BCUT2D eigenvalue weighted by Gasteiger charge is -2.17. The van der Waals surface area contributed by atoms with E-state index in [4.69, 9.17) is 16.3 Å². The summed E-state index contributed by atoms with van der Waals surface area (Å²) in [4.78, 5) is 22.5. The Hall–Kier alpha value is -2.68. The molecular weight excluding hydrogens is 360 g/mol. The first-order chi connectivity index (χ1) is 12.6. The topological polar surface area (TPSA) is 120 Å². The van der Waals surface area contributed by atoms with Crippen LogP contribution in [-0.4, -0.2) is 43.9 Å². The molecule has 0 aliphatic heterocycles. The highest BCUT2D eigenvalue weighted by atomic mass is 35.5. The minimum atomic E-state index is -1.27. The smallest absolute Gasteiger partial charge is 0.407 e. The van der Waals surface area contributed by atoms with Gasteiger partial charge in [0.05, 0.1) is 5.52 Å². The number of aromatic nitrogens is 3. The third-order valence-corrected chi connectivity index (χ3v) is 4.08. The molecule has 8 nitrogen and oxygen atoms in total. The highest BCUT2D eigenvalue weighted by Crippen LogP contribution is 2.27. The Kier molecular flexibility index (Phi) is 5.67. The van der Waals surface area contributed by atoms with Gasteiger partial charge in [-0.1, -0.05) is 41.9 Å². The Morgan fingerprint density at radius 3 is 2.81 bits per heavy atom. The molecule has 1 amide bonds. The van der Waals surface area contributed by atoms with Crippen molar-refractivity contribution in [1.29, 1.82) is 0 Å². The fraction of sp³-hybridized carbons (Fsp3) is 0.235. The maximum Gasteiger partial charge on any atom is 0.407 e. The lowest BCUT2D eigenvalue weighted by atomic mass is 10.1. The van der Waals surface area contributed by atoms with Crippen LogP contribution in [0.4, 0.5) is 4.79 Å². The summed E-state index contributed by atoms with van der Waals surface area (Å²) in [6.07, 6.45) is -0.465. The lowest BCUT2D eigenvalue weighted by Crippen LogP contribution is -2.35. The zero-order chi connectivity index (χ0) is 18.5. The van der Waals surface area contributed by atoms with Crippen molar-refractivity contribution in [1.82, 2.24) is 20.3 Å². The molecule has 0 fully saturated rings. The Morgan fingerprint density at radius 1 is 1.27 bits per heavy atom. The molecule has 136 valence electrons. The predicted octanol–water partition coefficient (Wildman–Crippen LogP) is 1.93. The fourth-order valence-electron chi connectivity index (χ4n) is 2.44. The molecule has 2 unspecified atom stereocenters. The average molecular weight is 377 g/mol. The summed E-state index contributed by atoms with van der Waals surface area (Å²) in [7, 11) is 0. The summed E-state index contributed by atoms with van der Waals surface area (Å²) in [5, 5.41) is 23.1. The molecule has 0 saturated heterocycles. The molecule has 0 radical (unpaired) electrons. The number of nitrogens with zero attached hydrogens (tertiary/aromatic N) is 2. The SMILES string of the molecule is O=C(NCC(O)C(O)c1c[nH]c2c(Cl)ncnc12)OCc1ccccc1. The third kappa shape index (κ3) is 4.10. The molecular formula is C17H17ClN4O4. The first kappa shape index (κ1) is 18.1. The van der Waals surface area contributed by atoms with Crippen LogP contribution >= 0.6 is 11.6 Å². The first-order valence-electron chi connectivity index (χ1n) is 7.84. The van der Waals surface area contributed by atoms with Crippen molar-refractivity contribution in [2.75, 3.05) is 6.54 Å². The minimum absolute atomic E-state index is 0.114. The zero-order valence-electron chi connectivity index (χ0n) is 13.6. The number of aliphatic hydroxyl groups excluding tert-OH is 2. The number of amides is 1. The van der Waals surface area contributed by atoms with E-state index in [2.05, 4.69) is 20.3 Å². The van der Waals surface area contributed by atoms with Crippen molar-refractivity contribution in [3.05, 3.63) is 59.1 Å². The third-order valence-electron chi connectivity index (χ3n) is 3.80. The normalized spacial score (nSPS) is 13.3. The molecule has 2 aromatic heterocycles. The number of nitrogens with one attached hydrogen (secondary N) is 2. The highest BCUT2D eigenvalue weighted by molar-refractivity contribution is 6.33. The van der Waals surface area contributed by atoms with Crippen molar-refractivity contribution in [2.24, 2.45) is 0 Å². The van der Waals surface area contributed by atoms with E-state index in [9.17, 15) is 15.0 Å².